The molecule has 0 spiro atoms. The minimum Gasteiger partial charge on any atom is -0.355 e. The third-order valence-corrected chi connectivity index (χ3v) is 6.34. The fraction of sp³-hybridized carbons (Fsp3) is 0.450. The van der Waals surface area contributed by atoms with Gasteiger partial charge in [0.25, 0.3) is 5.91 Å². The lowest BCUT2D eigenvalue weighted by molar-refractivity contribution is 0.0766. The van der Waals surface area contributed by atoms with Crippen molar-refractivity contribution in [1.82, 2.24) is 9.88 Å². The fourth-order valence-electron chi connectivity index (χ4n) is 3.85. The first-order valence-electron chi connectivity index (χ1n) is 9.27. The van der Waals surface area contributed by atoms with Crippen LogP contribution in [0.1, 0.15) is 45.8 Å². The Bertz CT molecular complexity index is 854. The van der Waals surface area contributed by atoms with Crippen LogP contribution in [-0.4, -0.2) is 42.0 Å². The van der Waals surface area contributed by atoms with Crippen molar-refractivity contribution in [3.05, 3.63) is 45.3 Å². The molecule has 0 atom stereocenters. The Labute approximate surface area is 157 Å². The average Bonchev–Trinajstić information content (AvgIpc) is 2.96. The highest BCUT2D eigenvalue weighted by molar-refractivity contribution is 7.10. The van der Waals surface area contributed by atoms with E-state index in [1.807, 2.05) is 17.0 Å². The van der Waals surface area contributed by atoms with E-state index in [4.69, 9.17) is 5.26 Å². The number of amides is 1. The van der Waals surface area contributed by atoms with Gasteiger partial charge in [-0.3, -0.25) is 4.79 Å². The smallest absolute Gasteiger partial charge is 0.255 e. The number of carbonyl (C=O) groups excluding carboxylic acids is 1. The summed E-state index contributed by atoms with van der Waals surface area (Å²) < 4.78 is 0. The number of hydrogen-bond donors (Lipinski definition) is 0. The number of hydrogen-bond acceptors (Lipinski definition) is 5. The lowest BCUT2D eigenvalue weighted by atomic mass is 9.95. The molecule has 0 bridgehead atoms. The largest absolute Gasteiger partial charge is 0.355 e. The monoisotopic (exact) mass is 366 g/mol. The van der Waals surface area contributed by atoms with Gasteiger partial charge in [0.2, 0.25) is 0 Å². The quantitative estimate of drug-likeness (QED) is 0.819. The van der Waals surface area contributed by atoms with Crippen molar-refractivity contribution in [2.45, 2.75) is 32.1 Å². The van der Waals surface area contributed by atoms with Crippen molar-refractivity contribution >= 4 is 23.1 Å². The van der Waals surface area contributed by atoms with E-state index in [1.54, 1.807) is 17.4 Å². The Kier molecular flexibility index (Phi) is 4.89. The maximum atomic E-state index is 13.1. The van der Waals surface area contributed by atoms with Gasteiger partial charge in [-0.25, -0.2) is 4.98 Å². The highest BCUT2D eigenvalue weighted by atomic mass is 32.1. The summed E-state index contributed by atoms with van der Waals surface area (Å²) in [5, 5.41) is 11.1. The van der Waals surface area contributed by atoms with Gasteiger partial charge in [0.15, 0.2) is 0 Å². The number of aromatic nitrogens is 1. The number of carbonyl (C=O) groups is 1. The normalized spacial score (nSPS) is 17.3. The van der Waals surface area contributed by atoms with Gasteiger partial charge >= 0.3 is 0 Å². The summed E-state index contributed by atoms with van der Waals surface area (Å²) in [7, 11) is 0. The standard InChI is InChI=1S/C20H22N4OS/c21-13-15-5-3-8-19(22-15)23-9-4-10-24(12-11-23)20(25)17-14-26-18-7-2-1-6-16(17)18/h3,5,8,14H,1-2,4,6-7,9-12H2. The Morgan fingerprint density at radius 2 is 2.00 bits per heavy atom. The number of pyridine rings is 1. The van der Waals surface area contributed by atoms with Crippen LogP contribution < -0.4 is 4.90 Å². The molecule has 1 saturated heterocycles. The van der Waals surface area contributed by atoms with Gasteiger partial charge in [-0.1, -0.05) is 6.07 Å². The molecular formula is C20H22N4OS. The number of rotatable bonds is 2. The van der Waals surface area contributed by atoms with E-state index in [0.29, 0.717) is 12.2 Å². The van der Waals surface area contributed by atoms with Gasteiger partial charge in [0.05, 0.1) is 5.56 Å². The zero-order chi connectivity index (χ0) is 17.9. The van der Waals surface area contributed by atoms with Crippen molar-refractivity contribution in [3.8, 4) is 6.07 Å². The van der Waals surface area contributed by atoms with Crippen molar-refractivity contribution in [2.24, 2.45) is 0 Å². The number of fused-ring (bicyclic) bond motifs is 1. The van der Waals surface area contributed by atoms with E-state index in [1.165, 1.54) is 23.3 Å². The van der Waals surface area contributed by atoms with Crippen LogP contribution in [0.5, 0.6) is 0 Å². The SMILES string of the molecule is N#Cc1cccc(N2CCCN(C(=O)c3csc4c3CCCC4)CC2)n1. The van der Waals surface area contributed by atoms with Crippen LogP contribution in [0, 0.1) is 11.3 Å². The Hall–Kier alpha value is -2.39. The van der Waals surface area contributed by atoms with Crippen LogP contribution in [0.3, 0.4) is 0 Å². The molecule has 1 fully saturated rings. The highest BCUT2D eigenvalue weighted by Gasteiger charge is 2.26. The Balaban J connectivity index is 1.47. The summed E-state index contributed by atoms with van der Waals surface area (Å²) in [6.07, 6.45) is 5.52. The maximum absolute atomic E-state index is 13.1. The summed E-state index contributed by atoms with van der Waals surface area (Å²) in [5.74, 6) is 1.01. The van der Waals surface area contributed by atoms with E-state index in [0.717, 1.165) is 50.3 Å². The topological polar surface area (TPSA) is 60.2 Å². The number of nitriles is 1. The third kappa shape index (κ3) is 3.32. The van der Waals surface area contributed by atoms with Crippen molar-refractivity contribution in [3.63, 3.8) is 0 Å². The van der Waals surface area contributed by atoms with Gasteiger partial charge in [0, 0.05) is 36.4 Å². The van der Waals surface area contributed by atoms with Crippen molar-refractivity contribution in [1.29, 1.82) is 5.26 Å². The molecular weight excluding hydrogens is 344 g/mol. The number of aryl methyl sites for hydroxylation is 1. The molecule has 5 nitrogen and oxygen atoms in total. The van der Waals surface area contributed by atoms with Gasteiger partial charge in [0.1, 0.15) is 17.6 Å². The molecule has 0 aromatic carbocycles. The van der Waals surface area contributed by atoms with E-state index in [9.17, 15) is 4.79 Å². The predicted molar refractivity (Wildman–Crippen MR) is 103 cm³/mol. The summed E-state index contributed by atoms with van der Waals surface area (Å²) in [5.41, 5.74) is 2.67. The van der Waals surface area contributed by atoms with Crippen LogP contribution in [-0.2, 0) is 12.8 Å². The Morgan fingerprint density at radius 3 is 2.88 bits per heavy atom. The molecule has 1 aliphatic carbocycles. The molecule has 2 aromatic rings. The number of nitrogens with zero attached hydrogens (tertiary/aromatic N) is 4. The maximum Gasteiger partial charge on any atom is 0.255 e. The van der Waals surface area contributed by atoms with Gasteiger partial charge in [-0.15, -0.1) is 11.3 Å². The molecule has 4 rings (SSSR count). The van der Waals surface area contributed by atoms with Gasteiger partial charge < -0.3 is 9.80 Å². The minimum absolute atomic E-state index is 0.185. The molecule has 0 saturated carbocycles. The predicted octanol–water partition coefficient (Wildman–Crippen LogP) is 3.25. The lowest BCUT2D eigenvalue weighted by Crippen LogP contribution is -2.35. The van der Waals surface area contributed by atoms with Crippen molar-refractivity contribution in [2.75, 3.05) is 31.1 Å². The molecule has 0 unspecified atom stereocenters. The van der Waals surface area contributed by atoms with Crippen LogP contribution in [0.15, 0.2) is 23.6 Å². The van der Waals surface area contributed by atoms with Crippen LogP contribution in [0.4, 0.5) is 5.82 Å². The summed E-state index contributed by atoms with van der Waals surface area (Å²) in [6.45, 7) is 3.08. The van der Waals surface area contributed by atoms with Gasteiger partial charge in [-0.05, 0) is 49.8 Å². The zero-order valence-corrected chi connectivity index (χ0v) is 15.6. The second-order valence-corrected chi connectivity index (χ2v) is 7.85. The molecule has 0 radical (unpaired) electrons. The van der Waals surface area contributed by atoms with Crippen LogP contribution in [0.25, 0.3) is 0 Å². The molecule has 2 aromatic heterocycles. The molecule has 1 amide bonds. The summed E-state index contributed by atoms with van der Waals surface area (Å²) in [6, 6.07) is 7.62. The first kappa shape index (κ1) is 17.0. The van der Waals surface area contributed by atoms with Crippen LogP contribution in [0.2, 0.25) is 0 Å². The molecule has 2 aliphatic rings. The van der Waals surface area contributed by atoms with Crippen LogP contribution >= 0.6 is 11.3 Å². The zero-order valence-electron chi connectivity index (χ0n) is 14.8. The van der Waals surface area contributed by atoms with E-state index >= 15 is 0 Å². The molecule has 6 heteroatoms. The van der Waals surface area contributed by atoms with Gasteiger partial charge in [-0.2, -0.15) is 5.26 Å². The molecule has 134 valence electrons. The average molecular weight is 366 g/mol. The summed E-state index contributed by atoms with van der Waals surface area (Å²) >= 11 is 1.75. The Morgan fingerprint density at radius 1 is 1.12 bits per heavy atom. The summed E-state index contributed by atoms with van der Waals surface area (Å²) in [4.78, 5) is 23.1. The fourth-order valence-corrected chi connectivity index (χ4v) is 4.97. The second-order valence-electron chi connectivity index (χ2n) is 6.88. The number of thiophene rings is 1. The molecule has 26 heavy (non-hydrogen) atoms. The first-order valence-corrected chi connectivity index (χ1v) is 10.1. The molecule has 1 aliphatic heterocycles. The molecule has 3 heterocycles. The van der Waals surface area contributed by atoms with E-state index < -0.39 is 0 Å². The third-order valence-electron chi connectivity index (χ3n) is 5.25. The highest BCUT2D eigenvalue weighted by Crippen LogP contribution is 2.31. The lowest BCUT2D eigenvalue weighted by Gasteiger charge is -2.23. The minimum atomic E-state index is 0.185. The molecule has 0 N–H and O–H groups in total. The van der Waals surface area contributed by atoms with E-state index in [2.05, 4.69) is 21.3 Å². The number of anilines is 1. The second kappa shape index (κ2) is 7.46. The first-order chi connectivity index (χ1) is 12.8. The van der Waals surface area contributed by atoms with E-state index in [-0.39, 0.29) is 5.91 Å². The van der Waals surface area contributed by atoms with Crippen molar-refractivity contribution < 1.29 is 4.79 Å².